The third-order valence-electron chi connectivity index (χ3n) is 2.94. The minimum Gasteiger partial charge on any atom is -0.481 e. The molecule has 0 aliphatic rings. The van der Waals surface area contributed by atoms with Gasteiger partial charge in [-0.3, -0.25) is 9.59 Å². The van der Waals surface area contributed by atoms with E-state index in [9.17, 15) is 19.8 Å². The van der Waals surface area contributed by atoms with Gasteiger partial charge in [0, 0.05) is 26.4 Å². The number of esters is 1. The molecule has 0 saturated carbocycles. The fourth-order valence-electron chi connectivity index (χ4n) is 1.56. The lowest BCUT2D eigenvalue weighted by Crippen LogP contribution is -2.44. The fraction of sp³-hybridized carbons (Fsp3) is 0.846. The smallest absolute Gasteiger partial charge is 0.305 e. The molecule has 0 spiro atoms. The minimum atomic E-state index is -1.25. The molecule has 1 unspecified atom stereocenters. The lowest BCUT2D eigenvalue weighted by molar-refractivity contribution is -0.273. The van der Waals surface area contributed by atoms with Gasteiger partial charge in [0.25, 0.3) is 0 Å². The highest BCUT2D eigenvalue weighted by atomic mass is 16.7. The number of rotatable bonds is 12. The zero-order valence-corrected chi connectivity index (χ0v) is 12.4. The van der Waals surface area contributed by atoms with Gasteiger partial charge in [-0.25, -0.2) is 0 Å². The van der Waals surface area contributed by atoms with Gasteiger partial charge in [-0.2, -0.15) is 0 Å². The Morgan fingerprint density at radius 1 is 1.24 bits per heavy atom. The lowest BCUT2D eigenvalue weighted by atomic mass is 10.2. The zero-order valence-electron chi connectivity index (χ0n) is 12.4. The first-order valence-corrected chi connectivity index (χ1v) is 6.75. The van der Waals surface area contributed by atoms with E-state index in [4.69, 9.17) is 19.3 Å². The molecule has 0 heterocycles. The van der Waals surface area contributed by atoms with Crippen LogP contribution >= 0.6 is 0 Å². The summed E-state index contributed by atoms with van der Waals surface area (Å²) in [6.07, 6.45) is -0.425. The van der Waals surface area contributed by atoms with Crippen molar-refractivity contribution in [3.63, 3.8) is 0 Å². The number of aliphatic hydroxyl groups is 2. The molecular formula is C13H24O8. The number of carboxylic acids is 1. The highest BCUT2D eigenvalue weighted by molar-refractivity contribution is 5.71. The van der Waals surface area contributed by atoms with Crippen LogP contribution in [0.4, 0.5) is 0 Å². The Morgan fingerprint density at radius 3 is 2.33 bits per heavy atom. The van der Waals surface area contributed by atoms with E-state index < -0.39 is 37.0 Å². The summed E-state index contributed by atoms with van der Waals surface area (Å²) in [6.45, 7) is 0.732. The summed E-state index contributed by atoms with van der Waals surface area (Å²) in [4.78, 5) is 21.7. The molecule has 2 atom stereocenters. The molecule has 0 fully saturated rings. The predicted molar refractivity (Wildman–Crippen MR) is 71.5 cm³/mol. The van der Waals surface area contributed by atoms with Crippen LogP contribution in [0.15, 0.2) is 0 Å². The van der Waals surface area contributed by atoms with Crippen molar-refractivity contribution < 1.29 is 39.1 Å². The second-order valence-electron chi connectivity index (χ2n) is 4.48. The average Bonchev–Trinajstić information content (AvgIpc) is 2.48. The summed E-state index contributed by atoms with van der Waals surface area (Å²) in [6, 6.07) is 0. The molecule has 8 nitrogen and oxygen atoms in total. The van der Waals surface area contributed by atoms with Gasteiger partial charge in [-0.15, -0.1) is 0 Å². The van der Waals surface area contributed by atoms with Crippen molar-refractivity contribution in [1.29, 1.82) is 0 Å². The van der Waals surface area contributed by atoms with E-state index >= 15 is 0 Å². The van der Waals surface area contributed by atoms with Crippen LogP contribution in [-0.2, 0) is 23.8 Å². The Hall–Kier alpha value is -1.22. The van der Waals surface area contributed by atoms with E-state index in [0.717, 1.165) is 0 Å². The summed E-state index contributed by atoms with van der Waals surface area (Å²) in [5.74, 6) is -2.79. The van der Waals surface area contributed by atoms with E-state index in [1.165, 1.54) is 7.11 Å². The quantitative estimate of drug-likeness (QED) is 0.337. The van der Waals surface area contributed by atoms with E-state index in [0.29, 0.717) is 6.42 Å². The number of carbonyl (C=O) groups excluding carboxylic acids is 1. The van der Waals surface area contributed by atoms with Crippen molar-refractivity contribution >= 4 is 11.9 Å². The van der Waals surface area contributed by atoms with Crippen LogP contribution < -0.4 is 0 Å². The molecule has 0 aliphatic carbocycles. The minimum absolute atomic E-state index is 0.0202. The first kappa shape index (κ1) is 19.8. The van der Waals surface area contributed by atoms with Crippen molar-refractivity contribution in [3.8, 4) is 0 Å². The fourth-order valence-corrected chi connectivity index (χ4v) is 1.56. The van der Waals surface area contributed by atoms with Crippen molar-refractivity contribution in [1.82, 2.24) is 0 Å². The van der Waals surface area contributed by atoms with E-state index in [1.54, 1.807) is 6.92 Å². The van der Waals surface area contributed by atoms with Gasteiger partial charge in [0.1, 0.15) is 12.7 Å². The Balaban J connectivity index is 4.20. The van der Waals surface area contributed by atoms with Crippen LogP contribution in [0, 0.1) is 0 Å². The van der Waals surface area contributed by atoms with E-state index in [2.05, 4.69) is 0 Å². The first-order chi connectivity index (χ1) is 9.92. The highest BCUT2D eigenvalue weighted by Crippen LogP contribution is 2.18. The maximum absolute atomic E-state index is 11.4. The van der Waals surface area contributed by atoms with Crippen molar-refractivity contribution in [3.05, 3.63) is 0 Å². The zero-order chi connectivity index (χ0) is 16.3. The molecule has 0 rings (SSSR count). The first-order valence-electron chi connectivity index (χ1n) is 6.75. The molecular weight excluding hydrogens is 284 g/mol. The summed E-state index contributed by atoms with van der Waals surface area (Å²) >= 11 is 0. The van der Waals surface area contributed by atoms with Crippen molar-refractivity contribution in [2.45, 2.75) is 44.5 Å². The van der Waals surface area contributed by atoms with E-state index in [-0.39, 0.29) is 25.9 Å². The van der Waals surface area contributed by atoms with Gasteiger partial charge in [0.2, 0.25) is 0 Å². The summed E-state index contributed by atoms with van der Waals surface area (Å²) in [5, 5.41) is 26.9. The summed E-state index contributed by atoms with van der Waals surface area (Å²) < 4.78 is 15.4. The third-order valence-corrected chi connectivity index (χ3v) is 2.94. The van der Waals surface area contributed by atoms with Gasteiger partial charge in [0.15, 0.2) is 5.79 Å². The van der Waals surface area contributed by atoms with Crippen LogP contribution in [0.2, 0.25) is 0 Å². The molecule has 124 valence electrons. The normalized spacial score (nSPS) is 15.2. The molecule has 0 aromatic carbocycles. The second-order valence-corrected chi connectivity index (χ2v) is 4.48. The molecule has 8 heteroatoms. The number of aliphatic carboxylic acids is 1. The topological polar surface area (TPSA) is 123 Å². The number of carbonyl (C=O) groups is 2. The number of hydrogen-bond donors (Lipinski definition) is 3. The van der Waals surface area contributed by atoms with Crippen LogP contribution in [0.5, 0.6) is 0 Å². The molecule has 0 aromatic heterocycles. The van der Waals surface area contributed by atoms with Crippen LogP contribution in [0.1, 0.15) is 32.6 Å². The maximum atomic E-state index is 11.4. The van der Waals surface area contributed by atoms with Gasteiger partial charge in [-0.05, 0) is 6.42 Å². The molecule has 3 N–H and O–H groups in total. The van der Waals surface area contributed by atoms with Crippen molar-refractivity contribution in [2.75, 3.05) is 26.9 Å². The van der Waals surface area contributed by atoms with Gasteiger partial charge in [0.05, 0.1) is 13.2 Å². The average molecular weight is 308 g/mol. The molecule has 0 amide bonds. The Labute approximate surface area is 123 Å². The number of methoxy groups -OCH3 is 1. The Kier molecular flexibility index (Phi) is 9.89. The molecule has 0 saturated heterocycles. The molecule has 0 aromatic rings. The Morgan fingerprint density at radius 2 is 1.90 bits per heavy atom. The van der Waals surface area contributed by atoms with Gasteiger partial charge < -0.3 is 29.5 Å². The molecule has 21 heavy (non-hydrogen) atoms. The SMILES string of the molecule is CC[C@@](CO)(OC)OC(CO)COC(=O)CCCC(=O)O. The number of aliphatic hydroxyl groups excluding tert-OH is 2. The number of carboxylic acid groups (broad SMARTS) is 1. The molecule has 0 radical (unpaired) electrons. The maximum Gasteiger partial charge on any atom is 0.305 e. The number of ether oxygens (including phenoxy) is 3. The largest absolute Gasteiger partial charge is 0.481 e. The van der Waals surface area contributed by atoms with E-state index in [1.807, 2.05) is 0 Å². The summed E-state index contributed by atoms with van der Waals surface area (Å²) in [7, 11) is 1.37. The second kappa shape index (κ2) is 10.5. The lowest BCUT2D eigenvalue weighted by Gasteiger charge is -2.32. The van der Waals surface area contributed by atoms with Crippen LogP contribution in [0.3, 0.4) is 0 Å². The monoisotopic (exact) mass is 308 g/mol. The standard InChI is InChI=1S/C13H24O8/c1-3-13(9-15,19-2)21-10(7-14)8-20-12(18)6-4-5-11(16)17/h10,14-15H,3-9H2,1-2H3,(H,16,17)/t10?,13-/m1/s1. The van der Waals surface area contributed by atoms with Gasteiger partial charge >= 0.3 is 11.9 Å². The molecule has 0 aliphatic heterocycles. The highest BCUT2D eigenvalue weighted by Gasteiger charge is 2.31. The van der Waals surface area contributed by atoms with Crippen LogP contribution in [0.25, 0.3) is 0 Å². The third kappa shape index (κ3) is 7.96. The predicted octanol–water partition coefficient (Wildman–Crippen LogP) is -0.0930. The van der Waals surface area contributed by atoms with Crippen LogP contribution in [-0.4, -0.2) is 66.1 Å². The van der Waals surface area contributed by atoms with Gasteiger partial charge in [-0.1, -0.05) is 6.92 Å². The molecule has 0 bridgehead atoms. The summed E-state index contributed by atoms with van der Waals surface area (Å²) in [5.41, 5.74) is 0. The van der Waals surface area contributed by atoms with Crippen molar-refractivity contribution in [2.24, 2.45) is 0 Å². The number of hydrogen-bond acceptors (Lipinski definition) is 7. The Bertz CT molecular complexity index is 305.